The van der Waals surface area contributed by atoms with Gasteiger partial charge in [-0.05, 0) is 12.1 Å². The summed E-state index contributed by atoms with van der Waals surface area (Å²) in [7, 11) is 0. The topological polar surface area (TPSA) is 59.1 Å². The number of anilines is 1. The minimum atomic E-state index is -4.60. The number of nitrogens with two attached hydrogens (primary N) is 1. The first kappa shape index (κ1) is 12.1. The van der Waals surface area contributed by atoms with Crippen molar-refractivity contribution >= 4 is 17.4 Å². The lowest BCUT2D eigenvalue weighted by Gasteiger charge is -2.13. The fraction of sp³-hybridized carbons (Fsp3) is 0.375. The van der Waals surface area contributed by atoms with E-state index in [1.165, 1.54) is 12.3 Å². The van der Waals surface area contributed by atoms with Crippen molar-refractivity contribution in [3.63, 3.8) is 0 Å². The molecule has 0 aromatic carbocycles. The molecule has 0 saturated heterocycles. The minimum absolute atomic E-state index is 0.292. The van der Waals surface area contributed by atoms with Crippen LogP contribution in [0.5, 0.6) is 0 Å². The summed E-state index contributed by atoms with van der Waals surface area (Å²) in [5.74, 6) is -0.509. The van der Waals surface area contributed by atoms with Crippen molar-refractivity contribution in [1.82, 2.24) is 4.98 Å². The summed E-state index contributed by atoms with van der Waals surface area (Å²) in [4.78, 5) is 3.79. The van der Waals surface area contributed by atoms with E-state index in [0.717, 1.165) is 11.8 Å². The van der Waals surface area contributed by atoms with Crippen molar-refractivity contribution in [2.45, 2.75) is 17.3 Å². The number of nitrogen functional groups attached to an aromatic ring is 1. The zero-order valence-corrected chi connectivity index (χ0v) is 8.35. The van der Waals surface area contributed by atoms with Crippen molar-refractivity contribution in [1.29, 1.82) is 0 Å². The van der Waals surface area contributed by atoms with Gasteiger partial charge in [0.1, 0.15) is 5.03 Å². The molecule has 1 heterocycles. The maximum atomic E-state index is 11.9. The van der Waals surface area contributed by atoms with E-state index in [1.807, 2.05) is 0 Å². The largest absolute Gasteiger partial charge is 0.415 e. The first-order chi connectivity index (χ1) is 6.91. The zero-order valence-electron chi connectivity index (χ0n) is 7.53. The number of pyridine rings is 1. The quantitative estimate of drug-likeness (QED) is 0.786. The fourth-order valence-electron chi connectivity index (χ4n) is 0.776. The molecule has 3 nitrogen and oxygen atoms in total. The molecule has 1 aromatic rings. The fourth-order valence-corrected chi connectivity index (χ4v) is 1.65. The number of aliphatic hydroxyl groups excluding tert-OH is 1. The summed E-state index contributed by atoms with van der Waals surface area (Å²) in [5.41, 5.74) is 5.77. The molecule has 1 aromatic heterocycles. The third-order valence-electron chi connectivity index (χ3n) is 1.56. The molecular formula is C8H9F3N2OS. The molecule has 1 unspecified atom stereocenters. The number of aliphatic hydroxyl groups is 1. The number of thioether (sulfide) groups is 1. The molecule has 0 amide bonds. The summed E-state index contributed by atoms with van der Waals surface area (Å²) in [6, 6.07) is 3.12. The van der Waals surface area contributed by atoms with Crippen LogP contribution in [-0.4, -0.2) is 28.1 Å². The van der Waals surface area contributed by atoms with Gasteiger partial charge in [0, 0.05) is 11.9 Å². The second kappa shape index (κ2) is 4.71. The smallest absolute Gasteiger partial charge is 0.397 e. The van der Waals surface area contributed by atoms with Gasteiger partial charge in [-0.2, -0.15) is 13.2 Å². The Morgan fingerprint density at radius 3 is 2.73 bits per heavy atom. The molecule has 0 fully saturated rings. The number of alkyl halides is 3. The highest BCUT2D eigenvalue weighted by Gasteiger charge is 2.38. The van der Waals surface area contributed by atoms with Crippen LogP contribution < -0.4 is 5.73 Å². The number of rotatable bonds is 3. The van der Waals surface area contributed by atoms with Gasteiger partial charge in [-0.1, -0.05) is 0 Å². The Kier molecular flexibility index (Phi) is 3.81. The first-order valence-electron chi connectivity index (χ1n) is 3.99. The molecule has 0 aliphatic heterocycles. The number of hydrogen-bond acceptors (Lipinski definition) is 4. The summed E-state index contributed by atoms with van der Waals surface area (Å²) in [6.07, 6.45) is -5.53. The maximum Gasteiger partial charge on any atom is 0.415 e. The first-order valence-corrected chi connectivity index (χ1v) is 4.98. The van der Waals surface area contributed by atoms with Gasteiger partial charge in [0.25, 0.3) is 0 Å². The molecule has 0 spiro atoms. The van der Waals surface area contributed by atoms with E-state index in [1.54, 1.807) is 6.07 Å². The van der Waals surface area contributed by atoms with Crippen molar-refractivity contribution < 1.29 is 18.3 Å². The number of aromatic nitrogens is 1. The van der Waals surface area contributed by atoms with E-state index in [-0.39, 0.29) is 0 Å². The van der Waals surface area contributed by atoms with Crippen molar-refractivity contribution in [2.75, 3.05) is 11.5 Å². The van der Waals surface area contributed by atoms with Crippen LogP contribution in [0.2, 0.25) is 0 Å². The molecular weight excluding hydrogens is 229 g/mol. The predicted octanol–water partition coefficient (Wildman–Crippen LogP) is 1.68. The average molecular weight is 238 g/mol. The zero-order chi connectivity index (χ0) is 11.5. The monoisotopic (exact) mass is 238 g/mol. The molecule has 1 rings (SSSR count). The van der Waals surface area contributed by atoms with Crippen molar-refractivity contribution in [3.8, 4) is 0 Å². The Bertz CT molecular complexity index is 332. The summed E-state index contributed by atoms with van der Waals surface area (Å²) >= 11 is 0.776. The number of hydrogen-bond donors (Lipinski definition) is 2. The predicted molar refractivity (Wildman–Crippen MR) is 51.4 cm³/mol. The van der Waals surface area contributed by atoms with Crippen LogP contribution in [0.15, 0.2) is 23.4 Å². The Balaban J connectivity index is 2.55. The summed E-state index contributed by atoms with van der Waals surface area (Å²) in [5, 5.41) is 9.02. The molecule has 84 valence electrons. The van der Waals surface area contributed by atoms with Gasteiger partial charge in [-0.25, -0.2) is 4.98 Å². The van der Waals surface area contributed by atoms with Crippen LogP contribution in [-0.2, 0) is 0 Å². The lowest BCUT2D eigenvalue weighted by molar-refractivity contribution is -0.195. The average Bonchev–Trinajstić information content (AvgIpc) is 2.14. The van der Waals surface area contributed by atoms with Crippen LogP contribution in [0.3, 0.4) is 0 Å². The maximum absolute atomic E-state index is 11.9. The Morgan fingerprint density at radius 1 is 1.53 bits per heavy atom. The number of halogens is 3. The van der Waals surface area contributed by atoms with Crippen LogP contribution in [0, 0.1) is 0 Å². The Morgan fingerprint density at radius 2 is 2.20 bits per heavy atom. The van der Waals surface area contributed by atoms with Gasteiger partial charge in [0.2, 0.25) is 0 Å². The van der Waals surface area contributed by atoms with Crippen LogP contribution in [0.1, 0.15) is 0 Å². The molecule has 0 aliphatic rings. The second-order valence-electron chi connectivity index (χ2n) is 2.77. The highest BCUT2D eigenvalue weighted by atomic mass is 32.2. The highest BCUT2D eigenvalue weighted by molar-refractivity contribution is 7.99. The van der Waals surface area contributed by atoms with E-state index in [4.69, 9.17) is 10.8 Å². The van der Waals surface area contributed by atoms with Gasteiger partial charge in [0.15, 0.2) is 6.10 Å². The van der Waals surface area contributed by atoms with E-state index < -0.39 is 18.0 Å². The third-order valence-corrected chi connectivity index (χ3v) is 2.65. The molecule has 0 aliphatic carbocycles. The minimum Gasteiger partial charge on any atom is -0.397 e. The normalized spacial score (nSPS) is 13.9. The number of nitrogens with zero attached hydrogens (tertiary/aromatic N) is 1. The highest BCUT2D eigenvalue weighted by Crippen LogP contribution is 2.27. The standard InChI is InChI=1S/C8H9F3N2OS/c9-8(10,11)6(14)4-15-7-5(12)2-1-3-13-7/h1-3,6,14H,4,12H2. The van der Waals surface area contributed by atoms with Crippen molar-refractivity contribution in [3.05, 3.63) is 18.3 Å². The van der Waals surface area contributed by atoms with Gasteiger partial charge in [-0.3, -0.25) is 0 Å². The summed E-state index contributed by atoms with van der Waals surface area (Å²) in [6.45, 7) is 0. The molecule has 3 N–H and O–H groups in total. The lowest BCUT2D eigenvalue weighted by Crippen LogP contribution is -2.30. The summed E-state index contributed by atoms with van der Waals surface area (Å²) < 4.78 is 35.8. The molecule has 0 radical (unpaired) electrons. The van der Waals surface area contributed by atoms with Gasteiger partial charge >= 0.3 is 6.18 Å². The van der Waals surface area contributed by atoms with E-state index >= 15 is 0 Å². The molecule has 0 bridgehead atoms. The third kappa shape index (κ3) is 3.60. The second-order valence-corrected chi connectivity index (χ2v) is 3.77. The van der Waals surface area contributed by atoms with Crippen molar-refractivity contribution in [2.24, 2.45) is 0 Å². The SMILES string of the molecule is Nc1cccnc1SCC(O)C(F)(F)F. The molecule has 15 heavy (non-hydrogen) atoms. The molecule has 7 heteroatoms. The van der Waals surface area contributed by atoms with E-state index in [9.17, 15) is 13.2 Å². The van der Waals surface area contributed by atoms with Crippen LogP contribution >= 0.6 is 11.8 Å². The lowest BCUT2D eigenvalue weighted by atomic mass is 10.4. The Hall–Kier alpha value is -0.950. The molecule has 0 saturated carbocycles. The van der Waals surface area contributed by atoms with Gasteiger partial charge in [-0.15, -0.1) is 11.8 Å². The van der Waals surface area contributed by atoms with E-state index in [0.29, 0.717) is 10.7 Å². The molecule has 1 atom stereocenters. The van der Waals surface area contributed by atoms with Crippen LogP contribution in [0.25, 0.3) is 0 Å². The van der Waals surface area contributed by atoms with Gasteiger partial charge in [0.05, 0.1) is 5.69 Å². The van der Waals surface area contributed by atoms with Gasteiger partial charge < -0.3 is 10.8 Å². The van der Waals surface area contributed by atoms with E-state index in [2.05, 4.69) is 4.98 Å². The Labute approximate surface area is 88.5 Å². The van der Waals surface area contributed by atoms with Crippen LogP contribution in [0.4, 0.5) is 18.9 Å².